The first kappa shape index (κ1) is 17.5. The van der Waals surface area contributed by atoms with Crippen LogP contribution in [0.15, 0.2) is 24.3 Å². The Labute approximate surface area is 154 Å². The Balaban J connectivity index is 1.46. The zero-order valence-corrected chi connectivity index (χ0v) is 16.1. The molecule has 2 heterocycles. The van der Waals surface area contributed by atoms with Crippen molar-refractivity contribution in [2.24, 2.45) is 5.92 Å². The molecule has 0 amide bonds. The van der Waals surface area contributed by atoms with Gasteiger partial charge in [-0.2, -0.15) is 0 Å². The molecule has 1 aromatic rings. The van der Waals surface area contributed by atoms with Crippen molar-refractivity contribution in [2.75, 3.05) is 26.7 Å². The van der Waals surface area contributed by atoms with Crippen molar-refractivity contribution in [3.63, 3.8) is 0 Å². The van der Waals surface area contributed by atoms with E-state index in [1.807, 2.05) is 0 Å². The highest BCUT2D eigenvalue weighted by molar-refractivity contribution is 5.32. The van der Waals surface area contributed by atoms with E-state index >= 15 is 0 Å². The Bertz CT molecular complexity index is 549. The molecule has 25 heavy (non-hydrogen) atoms. The molecule has 0 N–H and O–H groups in total. The molecule has 1 aromatic carbocycles. The second-order valence-corrected chi connectivity index (χ2v) is 8.82. The number of likely N-dealkylation sites (tertiary alicyclic amines) is 1. The van der Waals surface area contributed by atoms with Crippen molar-refractivity contribution in [1.29, 1.82) is 0 Å². The first-order valence-corrected chi connectivity index (χ1v) is 10.8. The largest absolute Gasteiger partial charge is 0.303 e. The minimum Gasteiger partial charge on any atom is -0.303 e. The smallest absolute Gasteiger partial charge is 0.0351 e. The Hall–Kier alpha value is -0.860. The summed E-state index contributed by atoms with van der Waals surface area (Å²) in [7, 11) is 2.33. The van der Waals surface area contributed by atoms with Gasteiger partial charge in [0.25, 0.3) is 0 Å². The van der Waals surface area contributed by atoms with Gasteiger partial charge in [0.2, 0.25) is 0 Å². The normalized spacial score (nSPS) is 29.0. The highest BCUT2D eigenvalue weighted by Crippen LogP contribution is 2.36. The fourth-order valence-electron chi connectivity index (χ4n) is 5.66. The second kappa shape index (κ2) is 8.22. The summed E-state index contributed by atoms with van der Waals surface area (Å²) in [5.41, 5.74) is 3.26. The van der Waals surface area contributed by atoms with Crippen molar-refractivity contribution in [3.8, 4) is 0 Å². The lowest BCUT2D eigenvalue weighted by atomic mass is 9.85. The van der Waals surface area contributed by atoms with E-state index in [1.54, 1.807) is 11.1 Å². The summed E-state index contributed by atoms with van der Waals surface area (Å²) in [4.78, 5) is 5.47. The first-order chi connectivity index (χ1) is 12.3. The maximum Gasteiger partial charge on any atom is 0.0351 e. The van der Waals surface area contributed by atoms with Crippen LogP contribution in [0.3, 0.4) is 0 Å². The average molecular weight is 341 g/mol. The van der Waals surface area contributed by atoms with E-state index in [9.17, 15) is 0 Å². The lowest BCUT2D eigenvalue weighted by Gasteiger charge is -2.40. The third-order valence-corrected chi connectivity index (χ3v) is 7.19. The molecule has 0 spiro atoms. The molecule has 2 fully saturated rings. The van der Waals surface area contributed by atoms with E-state index in [-0.39, 0.29) is 0 Å². The Kier molecular flexibility index (Phi) is 5.77. The van der Waals surface area contributed by atoms with E-state index in [4.69, 9.17) is 0 Å². The lowest BCUT2D eigenvalue weighted by Crippen LogP contribution is -2.40. The zero-order chi connectivity index (χ0) is 17.1. The van der Waals surface area contributed by atoms with Gasteiger partial charge in [-0.3, -0.25) is 4.90 Å². The number of rotatable bonds is 5. The number of fused-ring (bicyclic) bond motifs is 1. The summed E-state index contributed by atoms with van der Waals surface area (Å²) in [6.45, 7) is 3.93. The average Bonchev–Trinajstić information content (AvgIpc) is 3.06. The predicted octanol–water partition coefficient (Wildman–Crippen LogP) is 5.04. The van der Waals surface area contributed by atoms with Gasteiger partial charge in [0.05, 0.1) is 0 Å². The number of hydrogen-bond acceptors (Lipinski definition) is 2. The molecule has 0 radical (unpaired) electrons. The SMILES string of the molecule is CN1CCC[C@H]1CCC1c2ccccc2CCN1CC1CCCCC1. The van der Waals surface area contributed by atoms with E-state index in [0.717, 1.165) is 12.0 Å². The fraction of sp³-hybridized carbons (Fsp3) is 0.739. The molecule has 138 valence electrons. The summed E-state index contributed by atoms with van der Waals surface area (Å²) in [5.74, 6) is 0.954. The van der Waals surface area contributed by atoms with E-state index in [2.05, 4.69) is 41.1 Å². The summed E-state index contributed by atoms with van der Waals surface area (Å²) < 4.78 is 0. The minimum atomic E-state index is 0.667. The second-order valence-electron chi connectivity index (χ2n) is 8.82. The molecule has 0 aromatic heterocycles. The molecule has 2 nitrogen and oxygen atoms in total. The van der Waals surface area contributed by atoms with Gasteiger partial charge < -0.3 is 4.90 Å². The van der Waals surface area contributed by atoms with Crippen LogP contribution in [0.4, 0.5) is 0 Å². The Morgan fingerprint density at radius 3 is 2.56 bits per heavy atom. The van der Waals surface area contributed by atoms with Crippen molar-refractivity contribution in [1.82, 2.24) is 9.80 Å². The number of benzene rings is 1. The highest BCUT2D eigenvalue weighted by Gasteiger charge is 2.30. The van der Waals surface area contributed by atoms with Crippen LogP contribution in [0.25, 0.3) is 0 Å². The third-order valence-electron chi connectivity index (χ3n) is 7.19. The molecular weight excluding hydrogens is 304 g/mol. The van der Waals surface area contributed by atoms with Crippen LogP contribution in [0.1, 0.15) is 75.0 Å². The van der Waals surface area contributed by atoms with Gasteiger partial charge in [-0.05, 0) is 75.6 Å². The number of nitrogens with zero attached hydrogens (tertiary/aromatic N) is 2. The van der Waals surface area contributed by atoms with Crippen molar-refractivity contribution < 1.29 is 0 Å². The molecule has 1 saturated heterocycles. The summed E-state index contributed by atoms with van der Waals surface area (Å²) in [6, 6.07) is 10.8. The van der Waals surface area contributed by atoms with Crippen LogP contribution in [-0.4, -0.2) is 42.5 Å². The maximum atomic E-state index is 2.87. The summed E-state index contributed by atoms with van der Waals surface area (Å²) in [5, 5.41) is 0. The van der Waals surface area contributed by atoms with Gasteiger partial charge in [-0.15, -0.1) is 0 Å². The van der Waals surface area contributed by atoms with Crippen LogP contribution >= 0.6 is 0 Å². The van der Waals surface area contributed by atoms with Gasteiger partial charge in [0.1, 0.15) is 0 Å². The molecule has 2 atom stereocenters. The Morgan fingerprint density at radius 1 is 0.920 bits per heavy atom. The molecule has 1 saturated carbocycles. The monoisotopic (exact) mass is 340 g/mol. The number of hydrogen-bond donors (Lipinski definition) is 0. The van der Waals surface area contributed by atoms with Crippen LogP contribution in [0.5, 0.6) is 0 Å². The van der Waals surface area contributed by atoms with Gasteiger partial charge >= 0.3 is 0 Å². The van der Waals surface area contributed by atoms with Crippen LogP contribution < -0.4 is 0 Å². The van der Waals surface area contributed by atoms with Gasteiger partial charge in [-0.1, -0.05) is 43.5 Å². The lowest BCUT2D eigenvalue weighted by molar-refractivity contribution is 0.125. The highest BCUT2D eigenvalue weighted by atomic mass is 15.2. The minimum absolute atomic E-state index is 0.667. The molecule has 1 unspecified atom stereocenters. The van der Waals surface area contributed by atoms with E-state index < -0.39 is 0 Å². The van der Waals surface area contributed by atoms with Gasteiger partial charge in [-0.25, -0.2) is 0 Å². The zero-order valence-electron chi connectivity index (χ0n) is 16.1. The maximum absolute atomic E-state index is 2.87. The fourth-order valence-corrected chi connectivity index (χ4v) is 5.66. The quantitative estimate of drug-likeness (QED) is 0.741. The standard InChI is InChI=1S/C23H36N2/c1-24-16-7-11-21(24)13-14-23-22-12-6-5-10-20(22)15-17-25(23)18-19-8-3-2-4-9-19/h5-6,10,12,19,21,23H,2-4,7-9,11,13-18H2,1H3/t21-,23?/m0/s1. The summed E-state index contributed by atoms with van der Waals surface area (Å²) >= 11 is 0. The molecule has 2 heteroatoms. The predicted molar refractivity (Wildman–Crippen MR) is 106 cm³/mol. The van der Waals surface area contributed by atoms with Crippen LogP contribution in [0, 0.1) is 5.92 Å². The first-order valence-electron chi connectivity index (χ1n) is 10.8. The molecule has 3 aliphatic rings. The summed E-state index contributed by atoms with van der Waals surface area (Å²) in [6.07, 6.45) is 14.1. The molecule has 2 aliphatic heterocycles. The third kappa shape index (κ3) is 4.11. The van der Waals surface area contributed by atoms with Crippen molar-refractivity contribution in [3.05, 3.63) is 35.4 Å². The van der Waals surface area contributed by atoms with E-state index in [0.29, 0.717) is 6.04 Å². The van der Waals surface area contributed by atoms with Crippen molar-refractivity contribution in [2.45, 2.75) is 76.3 Å². The van der Waals surface area contributed by atoms with Gasteiger partial charge in [0.15, 0.2) is 0 Å². The van der Waals surface area contributed by atoms with E-state index in [1.165, 1.54) is 83.8 Å². The molecule has 0 bridgehead atoms. The van der Waals surface area contributed by atoms with Crippen molar-refractivity contribution >= 4 is 0 Å². The molecule has 1 aliphatic carbocycles. The van der Waals surface area contributed by atoms with Crippen LogP contribution in [-0.2, 0) is 6.42 Å². The molecule has 4 rings (SSSR count). The molecular formula is C23H36N2. The van der Waals surface area contributed by atoms with Gasteiger partial charge in [0, 0.05) is 25.2 Å². The topological polar surface area (TPSA) is 6.48 Å². The van der Waals surface area contributed by atoms with Crippen LogP contribution in [0.2, 0.25) is 0 Å². The Morgan fingerprint density at radius 2 is 1.76 bits per heavy atom.